The molecule has 0 saturated carbocycles. The molecule has 7 nitrogen and oxygen atoms in total. The molecule has 146 valence electrons. The van der Waals surface area contributed by atoms with Crippen LogP contribution < -0.4 is 10.1 Å². The lowest BCUT2D eigenvalue weighted by Crippen LogP contribution is -2.26. The van der Waals surface area contributed by atoms with Crippen LogP contribution in [-0.2, 0) is 4.79 Å². The molecule has 0 aliphatic carbocycles. The third kappa shape index (κ3) is 4.64. The third-order valence-corrected chi connectivity index (χ3v) is 3.75. The first kappa shape index (κ1) is 19.3. The van der Waals surface area contributed by atoms with Crippen LogP contribution in [0.5, 0.6) is 5.75 Å². The fourth-order valence-corrected chi connectivity index (χ4v) is 2.31. The Hall–Kier alpha value is -3.43. The zero-order valence-corrected chi connectivity index (χ0v) is 14.7. The van der Waals surface area contributed by atoms with Crippen LogP contribution >= 0.6 is 0 Å². The number of alkyl halides is 2. The van der Waals surface area contributed by atoms with Crippen molar-refractivity contribution < 1.29 is 22.7 Å². The summed E-state index contributed by atoms with van der Waals surface area (Å²) < 4.78 is 43.0. The average Bonchev–Trinajstić information content (AvgIpc) is 3.18. The smallest absolute Gasteiger partial charge is 0.272 e. The molecule has 2 aromatic carbocycles. The largest absolute Gasteiger partial charge is 0.485 e. The first-order valence-corrected chi connectivity index (χ1v) is 8.30. The van der Waals surface area contributed by atoms with Gasteiger partial charge in [0.05, 0.1) is 5.69 Å². The Kier molecular flexibility index (Phi) is 5.87. The van der Waals surface area contributed by atoms with Crippen LogP contribution in [0.3, 0.4) is 0 Å². The number of carbonyl (C=O) groups is 1. The van der Waals surface area contributed by atoms with Crippen molar-refractivity contribution in [3.05, 3.63) is 54.3 Å². The topological polar surface area (TPSA) is 81.9 Å². The van der Waals surface area contributed by atoms with E-state index in [2.05, 4.69) is 20.7 Å². The third-order valence-electron chi connectivity index (χ3n) is 3.75. The first-order valence-electron chi connectivity index (χ1n) is 8.30. The van der Waals surface area contributed by atoms with Crippen LogP contribution in [-0.4, -0.2) is 39.1 Å². The van der Waals surface area contributed by atoms with Crippen LogP contribution in [0.1, 0.15) is 13.0 Å². The van der Waals surface area contributed by atoms with Crippen LogP contribution in [0.15, 0.2) is 48.5 Å². The van der Waals surface area contributed by atoms with Crippen molar-refractivity contribution in [2.75, 3.05) is 11.9 Å². The summed E-state index contributed by atoms with van der Waals surface area (Å²) in [4.78, 5) is 13.6. The molecular weight excluding hydrogens is 375 g/mol. The molecule has 1 N–H and O–H groups in total. The number of nitrogens with zero attached hydrogens (tertiary/aromatic N) is 4. The van der Waals surface area contributed by atoms with Gasteiger partial charge in [-0.3, -0.25) is 4.79 Å². The van der Waals surface area contributed by atoms with Crippen molar-refractivity contribution in [2.45, 2.75) is 19.4 Å². The minimum atomic E-state index is -2.73. The number of anilines is 1. The molecule has 0 saturated heterocycles. The second-order valence-corrected chi connectivity index (χ2v) is 5.81. The van der Waals surface area contributed by atoms with Gasteiger partial charge in [-0.2, -0.15) is 4.80 Å². The van der Waals surface area contributed by atoms with E-state index < -0.39 is 30.8 Å². The van der Waals surface area contributed by atoms with E-state index in [1.807, 2.05) is 18.2 Å². The molecule has 10 heteroatoms. The fourth-order valence-electron chi connectivity index (χ4n) is 2.31. The zero-order chi connectivity index (χ0) is 20.1. The number of amides is 1. The molecule has 1 aromatic heterocycles. The lowest BCUT2D eigenvalue weighted by molar-refractivity contribution is -0.119. The summed E-state index contributed by atoms with van der Waals surface area (Å²) in [6.45, 7) is 0.613. The monoisotopic (exact) mass is 391 g/mol. The molecule has 1 atom stereocenters. The lowest BCUT2D eigenvalue weighted by atomic mass is 10.2. The maximum absolute atomic E-state index is 13.4. The van der Waals surface area contributed by atoms with Crippen molar-refractivity contribution in [3.8, 4) is 17.1 Å². The van der Waals surface area contributed by atoms with Crippen molar-refractivity contribution >= 4 is 11.6 Å². The second-order valence-electron chi connectivity index (χ2n) is 5.81. The summed E-state index contributed by atoms with van der Waals surface area (Å²) >= 11 is 0. The molecular formula is C18H16F3N5O2. The lowest BCUT2D eigenvalue weighted by Gasteiger charge is -2.15. The number of hydrogen-bond acceptors (Lipinski definition) is 5. The van der Waals surface area contributed by atoms with Gasteiger partial charge >= 0.3 is 0 Å². The molecule has 0 fully saturated rings. The summed E-state index contributed by atoms with van der Waals surface area (Å²) in [5, 5.41) is 14.5. The number of rotatable bonds is 7. The maximum atomic E-state index is 13.4. The Morgan fingerprint density at radius 2 is 1.96 bits per heavy atom. The number of aromatic nitrogens is 4. The van der Waals surface area contributed by atoms with Gasteiger partial charge < -0.3 is 10.1 Å². The van der Waals surface area contributed by atoms with Gasteiger partial charge in [0.1, 0.15) is 24.2 Å². The molecule has 28 heavy (non-hydrogen) atoms. The molecule has 3 aromatic rings. The van der Waals surface area contributed by atoms with Crippen LogP contribution in [0, 0.1) is 5.82 Å². The Labute approximate surface area is 158 Å². The molecule has 0 bridgehead atoms. The Morgan fingerprint density at radius 1 is 1.21 bits per heavy atom. The van der Waals surface area contributed by atoms with Gasteiger partial charge in [0.2, 0.25) is 5.82 Å². The molecule has 1 amide bonds. The summed E-state index contributed by atoms with van der Waals surface area (Å²) in [5.41, 5.74) is 0.796. The Bertz CT molecular complexity index is 949. The number of ether oxygens (including phenoxy) is 1. The van der Waals surface area contributed by atoms with E-state index in [0.29, 0.717) is 5.82 Å². The van der Waals surface area contributed by atoms with E-state index in [4.69, 9.17) is 4.74 Å². The van der Waals surface area contributed by atoms with E-state index in [1.165, 1.54) is 13.0 Å². The van der Waals surface area contributed by atoms with Gasteiger partial charge in [-0.25, -0.2) is 13.2 Å². The molecule has 0 radical (unpaired) electrons. The minimum absolute atomic E-state index is 0.0577. The van der Waals surface area contributed by atoms with Crippen molar-refractivity contribution in [1.82, 2.24) is 20.2 Å². The van der Waals surface area contributed by atoms with E-state index in [1.54, 1.807) is 12.1 Å². The molecule has 0 aliphatic heterocycles. The number of benzene rings is 2. The number of hydrogen-bond donors (Lipinski definition) is 1. The van der Waals surface area contributed by atoms with Crippen LogP contribution in [0.2, 0.25) is 0 Å². The summed E-state index contributed by atoms with van der Waals surface area (Å²) in [5.74, 6) is -1.08. The number of carbonyl (C=O) groups excluding carboxylic acids is 1. The standard InChI is InChI=1S/C18H16F3N5O2/c1-11(26-24-17(23-25-26)12-5-3-2-4-6-12)18(27)22-14-8-7-13(19)9-15(14)28-10-16(20)21/h2-9,11,16H,10H2,1H3,(H,22,27). The summed E-state index contributed by atoms with van der Waals surface area (Å²) in [6, 6.07) is 11.5. The van der Waals surface area contributed by atoms with Crippen LogP contribution in [0.4, 0.5) is 18.9 Å². The maximum Gasteiger partial charge on any atom is 0.272 e. The number of nitrogens with one attached hydrogen (secondary N) is 1. The Balaban J connectivity index is 1.74. The van der Waals surface area contributed by atoms with E-state index in [-0.39, 0.29) is 11.4 Å². The average molecular weight is 391 g/mol. The van der Waals surface area contributed by atoms with Gasteiger partial charge in [0, 0.05) is 11.6 Å². The quantitative estimate of drug-likeness (QED) is 0.668. The van der Waals surface area contributed by atoms with E-state index in [0.717, 1.165) is 22.5 Å². The van der Waals surface area contributed by atoms with Gasteiger partial charge in [-0.05, 0) is 24.3 Å². The predicted molar refractivity (Wildman–Crippen MR) is 94.5 cm³/mol. The fraction of sp³-hybridized carbons (Fsp3) is 0.222. The Morgan fingerprint density at radius 3 is 2.68 bits per heavy atom. The normalized spacial score (nSPS) is 12.0. The highest BCUT2D eigenvalue weighted by Gasteiger charge is 2.21. The highest BCUT2D eigenvalue weighted by atomic mass is 19.3. The van der Waals surface area contributed by atoms with Gasteiger partial charge in [0.15, 0.2) is 0 Å². The summed E-state index contributed by atoms with van der Waals surface area (Å²) in [7, 11) is 0. The van der Waals surface area contributed by atoms with E-state index >= 15 is 0 Å². The van der Waals surface area contributed by atoms with Gasteiger partial charge in [-0.1, -0.05) is 30.3 Å². The molecule has 1 unspecified atom stereocenters. The first-order chi connectivity index (χ1) is 13.4. The second kappa shape index (κ2) is 8.51. The van der Waals surface area contributed by atoms with Gasteiger partial charge in [-0.15, -0.1) is 10.2 Å². The SMILES string of the molecule is CC(C(=O)Nc1ccc(F)cc1OCC(F)F)n1nnc(-c2ccccc2)n1. The molecule has 1 heterocycles. The summed E-state index contributed by atoms with van der Waals surface area (Å²) in [6.07, 6.45) is -2.73. The highest BCUT2D eigenvalue weighted by molar-refractivity contribution is 5.94. The number of halogens is 3. The van der Waals surface area contributed by atoms with Crippen LogP contribution in [0.25, 0.3) is 11.4 Å². The van der Waals surface area contributed by atoms with Gasteiger partial charge in [0.25, 0.3) is 12.3 Å². The highest BCUT2D eigenvalue weighted by Crippen LogP contribution is 2.27. The van der Waals surface area contributed by atoms with E-state index in [9.17, 15) is 18.0 Å². The van der Waals surface area contributed by atoms with Crippen molar-refractivity contribution in [2.24, 2.45) is 0 Å². The number of tetrazole rings is 1. The minimum Gasteiger partial charge on any atom is -0.485 e. The molecule has 0 aliphatic rings. The predicted octanol–water partition coefficient (Wildman–Crippen LogP) is 3.32. The molecule has 0 spiro atoms. The molecule has 3 rings (SSSR count). The zero-order valence-electron chi connectivity index (χ0n) is 14.7. The van der Waals surface area contributed by atoms with Crippen molar-refractivity contribution in [3.63, 3.8) is 0 Å². The van der Waals surface area contributed by atoms with Crippen molar-refractivity contribution in [1.29, 1.82) is 0 Å².